The van der Waals surface area contributed by atoms with Crippen LogP contribution in [-0.4, -0.2) is 41.9 Å². The highest BCUT2D eigenvalue weighted by atomic mass is 16.2. The number of guanidine groups is 1. The highest BCUT2D eigenvalue weighted by molar-refractivity contribution is 5.88. The van der Waals surface area contributed by atoms with Crippen LogP contribution in [0, 0.1) is 0 Å². The first kappa shape index (κ1) is 15.1. The van der Waals surface area contributed by atoms with Crippen LogP contribution in [0.2, 0.25) is 0 Å². The average molecular weight is 281 g/mol. The summed E-state index contributed by atoms with van der Waals surface area (Å²) in [4.78, 5) is 18.8. The van der Waals surface area contributed by atoms with E-state index in [1.54, 1.807) is 0 Å². The van der Waals surface area contributed by atoms with E-state index in [9.17, 15) is 4.79 Å². The third kappa shape index (κ3) is 4.10. The minimum Gasteiger partial charge on any atom is -0.344 e. The van der Waals surface area contributed by atoms with Gasteiger partial charge in [-0.05, 0) is 39.0 Å². The summed E-state index contributed by atoms with van der Waals surface area (Å²) in [6.07, 6.45) is 8.13. The number of carbonyl (C=O) groups excluding carboxylic acids is 1. The van der Waals surface area contributed by atoms with Gasteiger partial charge in [-0.25, -0.2) is 10.8 Å². The van der Waals surface area contributed by atoms with Gasteiger partial charge in [-0.1, -0.05) is 12.8 Å². The molecule has 1 aliphatic heterocycles. The zero-order valence-corrected chi connectivity index (χ0v) is 12.4. The first-order valence-electron chi connectivity index (χ1n) is 7.80. The van der Waals surface area contributed by atoms with Gasteiger partial charge < -0.3 is 10.2 Å². The number of rotatable bonds is 3. The Morgan fingerprint density at radius 3 is 2.45 bits per heavy atom. The third-order valence-corrected chi connectivity index (χ3v) is 4.16. The smallest absolute Gasteiger partial charge is 0.244 e. The molecular weight excluding hydrogens is 254 g/mol. The Bertz CT molecular complexity index is 345. The van der Waals surface area contributed by atoms with Crippen LogP contribution in [0.15, 0.2) is 4.99 Å². The van der Waals surface area contributed by atoms with Crippen LogP contribution in [0.4, 0.5) is 0 Å². The van der Waals surface area contributed by atoms with E-state index < -0.39 is 0 Å². The number of amides is 1. The molecule has 6 heteroatoms. The Morgan fingerprint density at radius 1 is 1.20 bits per heavy atom. The molecule has 0 aromatic heterocycles. The molecule has 2 fully saturated rings. The fraction of sp³-hybridized carbons (Fsp3) is 0.857. The number of hydrogen-bond donors (Lipinski definition) is 3. The van der Waals surface area contributed by atoms with Crippen molar-refractivity contribution >= 4 is 11.9 Å². The number of hydrogen-bond acceptors (Lipinski definition) is 3. The van der Waals surface area contributed by atoms with Gasteiger partial charge in [-0.2, -0.15) is 0 Å². The Balaban J connectivity index is 1.87. The monoisotopic (exact) mass is 281 g/mol. The standard InChI is InChI=1S/C14H27N5O/c1-11(13(20)19-9-5-2-6-10-19)16-14(18-15)17-12-7-3-4-8-12/h11-12H,2-10,15H2,1H3,(H2,16,17,18). The second kappa shape index (κ2) is 7.47. The predicted molar refractivity (Wildman–Crippen MR) is 80.0 cm³/mol. The lowest BCUT2D eigenvalue weighted by molar-refractivity contribution is -0.133. The van der Waals surface area contributed by atoms with Crippen LogP contribution in [0.5, 0.6) is 0 Å². The van der Waals surface area contributed by atoms with Gasteiger partial charge in [0.2, 0.25) is 11.9 Å². The minimum atomic E-state index is -0.288. The number of nitrogens with one attached hydrogen (secondary N) is 2. The molecule has 2 rings (SSSR count). The van der Waals surface area contributed by atoms with Crippen molar-refractivity contribution in [3.05, 3.63) is 0 Å². The number of nitrogens with two attached hydrogens (primary N) is 1. The zero-order valence-electron chi connectivity index (χ0n) is 12.4. The summed E-state index contributed by atoms with van der Waals surface area (Å²) in [5.41, 5.74) is 2.59. The van der Waals surface area contributed by atoms with Gasteiger partial charge in [0, 0.05) is 13.1 Å². The van der Waals surface area contributed by atoms with Crippen molar-refractivity contribution in [3.8, 4) is 0 Å². The normalized spacial score (nSPS) is 22.7. The highest BCUT2D eigenvalue weighted by Crippen LogP contribution is 2.20. The van der Waals surface area contributed by atoms with Crippen molar-refractivity contribution in [1.82, 2.24) is 15.6 Å². The van der Waals surface area contributed by atoms with Gasteiger partial charge >= 0.3 is 0 Å². The molecule has 20 heavy (non-hydrogen) atoms. The van der Waals surface area contributed by atoms with Crippen LogP contribution in [0.1, 0.15) is 51.9 Å². The SMILES string of the molecule is CC(NC(=NC1CCCC1)NN)C(=O)N1CCCCC1. The number of hydrazine groups is 1. The molecule has 0 radical (unpaired) electrons. The number of piperidine rings is 1. The van der Waals surface area contributed by atoms with Crippen molar-refractivity contribution in [1.29, 1.82) is 0 Å². The lowest BCUT2D eigenvalue weighted by atomic mass is 10.1. The molecule has 114 valence electrons. The van der Waals surface area contributed by atoms with Crippen molar-refractivity contribution in [2.45, 2.75) is 64.0 Å². The van der Waals surface area contributed by atoms with Gasteiger partial charge in [0.15, 0.2) is 0 Å². The molecule has 0 aromatic carbocycles. The van der Waals surface area contributed by atoms with Crippen molar-refractivity contribution in [2.75, 3.05) is 13.1 Å². The molecule has 1 amide bonds. The maximum absolute atomic E-state index is 12.3. The van der Waals surface area contributed by atoms with Crippen molar-refractivity contribution in [2.24, 2.45) is 10.8 Å². The largest absolute Gasteiger partial charge is 0.344 e. The number of carbonyl (C=O) groups is 1. The summed E-state index contributed by atoms with van der Waals surface area (Å²) in [6, 6.07) is 0.0511. The minimum absolute atomic E-state index is 0.138. The van der Waals surface area contributed by atoms with E-state index in [4.69, 9.17) is 5.84 Å². The molecule has 1 saturated carbocycles. The van der Waals surface area contributed by atoms with E-state index in [0.717, 1.165) is 38.8 Å². The van der Waals surface area contributed by atoms with E-state index in [2.05, 4.69) is 15.7 Å². The molecule has 0 spiro atoms. The van der Waals surface area contributed by atoms with Crippen LogP contribution in [0.25, 0.3) is 0 Å². The number of likely N-dealkylation sites (tertiary alicyclic amines) is 1. The molecule has 2 aliphatic rings. The van der Waals surface area contributed by atoms with E-state index in [1.165, 1.54) is 19.3 Å². The maximum atomic E-state index is 12.3. The van der Waals surface area contributed by atoms with E-state index >= 15 is 0 Å². The van der Waals surface area contributed by atoms with Gasteiger partial charge in [0.05, 0.1) is 6.04 Å². The Kier molecular flexibility index (Phi) is 5.64. The summed E-state index contributed by atoms with van der Waals surface area (Å²) in [7, 11) is 0. The van der Waals surface area contributed by atoms with E-state index in [0.29, 0.717) is 12.0 Å². The van der Waals surface area contributed by atoms with Crippen LogP contribution in [-0.2, 0) is 4.79 Å². The second-order valence-corrected chi connectivity index (χ2v) is 5.81. The lowest BCUT2D eigenvalue weighted by Crippen LogP contribution is -2.53. The van der Waals surface area contributed by atoms with E-state index in [-0.39, 0.29) is 11.9 Å². The summed E-state index contributed by atoms with van der Waals surface area (Å²) >= 11 is 0. The fourth-order valence-corrected chi connectivity index (χ4v) is 2.99. The molecule has 1 unspecified atom stereocenters. The highest BCUT2D eigenvalue weighted by Gasteiger charge is 2.23. The van der Waals surface area contributed by atoms with E-state index in [1.807, 2.05) is 11.8 Å². The topological polar surface area (TPSA) is 82.7 Å². The molecule has 1 saturated heterocycles. The predicted octanol–water partition coefficient (Wildman–Crippen LogP) is 0.739. The summed E-state index contributed by atoms with van der Waals surface area (Å²) in [6.45, 7) is 3.62. The first-order valence-corrected chi connectivity index (χ1v) is 7.80. The fourth-order valence-electron chi connectivity index (χ4n) is 2.99. The second-order valence-electron chi connectivity index (χ2n) is 5.81. The molecule has 0 aromatic rings. The van der Waals surface area contributed by atoms with Gasteiger partial charge in [-0.15, -0.1) is 0 Å². The van der Waals surface area contributed by atoms with Gasteiger partial charge in [0.25, 0.3) is 0 Å². The summed E-state index contributed by atoms with van der Waals surface area (Å²) in [5.74, 6) is 6.18. The molecule has 6 nitrogen and oxygen atoms in total. The molecule has 4 N–H and O–H groups in total. The Morgan fingerprint density at radius 2 is 1.85 bits per heavy atom. The molecule has 0 bridgehead atoms. The van der Waals surface area contributed by atoms with Gasteiger partial charge in [-0.3, -0.25) is 10.2 Å². The zero-order chi connectivity index (χ0) is 14.4. The average Bonchev–Trinajstić information content (AvgIpc) is 2.99. The summed E-state index contributed by atoms with van der Waals surface area (Å²) in [5, 5.41) is 3.11. The van der Waals surface area contributed by atoms with Crippen LogP contribution in [0.3, 0.4) is 0 Å². The quantitative estimate of drug-likeness (QED) is 0.308. The van der Waals surface area contributed by atoms with Crippen LogP contribution >= 0.6 is 0 Å². The number of aliphatic imine (C=N–C) groups is 1. The van der Waals surface area contributed by atoms with Crippen molar-refractivity contribution in [3.63, 3.8) is 0 Å². The third-order valence-electron chi connectivity index (χ3n) is 4.16. The Hall–Kier alpha value is -1.30. The Labute approximate surface area is 121 Å². The maximum Gasteiger partial charge on any atom is 0.244 e. The molecular formula is C14H27N5O. The van der Waals surface area contributed by atoms with Gasteiger partial charge in [0.1, 0.15) is 6.04 Å². The first-order chi connectivity index (χ1) is 9.70. The molecule has 1 aliphatic carbocycles. The number of nitrogens with zero attached hydrogens (tertiary/aromatic N) is 2. The van der Waals surface area contributed by atoms with Crippen molar-refractivity contribution < 1.29 is 4.79 Å². The molecule has 1 atom stereocenters. The lowest BCUT2D eigenvalue weighted by Gasteiger charge is -2.30. The summed E-state index contributed by atoms with van der Waals surface area (Å²) < 4.78 is 0. The van der Waals surface area contributed by atoms with Crippen LogP contribution < -0.4 is 16.6 Å². The molecule has 1 heterocycles.